The molecule has 0 radical (unpaired) electrons. The molecular weight excluding hydrogens is 338 g/mol. The molecular formula is C23H29NO3. The number of nitrogens with one attached hydrogen (secondary N) is 1. The van der Waals surface area contributed by atoms with Gasteiger partial charge in [0.1, 0.15) is 5.75 Å². The maximum absolute atomic E-state index is 12.1. The van der Waals surface area contributed by atoms with Crippen LogP contribution in [0, 0.1) is 0 Å². The molecule has 2 aromatic rings. The molecule has 0 spiro atoms. The summed E-state index contributed by atoms with van der Waals surface area (Å²) in [5.74, 6) is 0.620. The lowest BCUT2D eigenvalue weighted by Crippen LogP contribution is -2.30. The fourth-order valence-corrected chi connectivity index (χ4v) is 3.42. The smallest absolute Gasteiger partial charge is 0.257 e. The Hall–Kier alpha value is -2.33. The molecule has 1 saturated carbocycles. The Kier molecular flexibility index (Phi) is 7.72. The van der Waals surface area contributed by atoms with Gasteiger partial charge in [-0.1, -0.05) is 67.8 Å². The van der Waals surface area contributed by atoms with E-state index in [2.05, 4.69) is 5.32 Å². The van der Waals surface area contributed by atoms with Gasteiger partial charge in [-0.3, -0.25) is 4.79 Å². The average Bonchev–Trinajstić information content (AvgIpc) is 2.73. The summed E-state index contributed by atoms with van der Waals surface area (Å²) in [7, 11) is 0. The van der Waals surface area contributed by atoms with E-state index in [1.807, 2.05) is 54.6 Å². The number of hydrogen-bond acceptors (Lipinski definition) is 3. The van der Waals surface area contributed by atoms with E-state index in [1.165, 1.54) is 32.1 Å². The quantitative estimate of drug-likeness (QED) is 0.660. The SMILES string of the molecule is O=C(COc1ccccc1-c1ccccc1)NCCCOC1CCCCC1. The van der Waals surface area contributed by atoms with Crippen molar-refractivity contribution >= 4 is 5.91 Å². The first-order valence-corrected chi connectivity index (χ1v) is 9.98. The van der Waals surface area contributed by atoms with Gasteiger partial charge in [-0.15, -0.1) is 0 Å². The van der Waals surface area contributed by atoms with Crippen LogP contribution in [0.2, 0.25) is 0 Å². The second-order valence-electron chi connectivity index (χ2n) is 6.99. The molecule has 0 aliphatic heterocycles. The van der Waals surface area contributed by atoms with E-state index in [-0.39, 0.29) is 12.5 Å². The molecule has 1 fully saturated rings. The molecule has 0 bridgehead atoms. The fourth-order valence-electron chi connectivity index (χ4n) is 3.42. The number of benzene rings is 2. The van der Waals surface area contributed by atoms with Gasteiger partial charge in [-0.05, 0) is 30.9 Å². The predicted octanol–water partition coefficient (Wildman–Crippen LogP) is 4.59. The van der Waals surface area contributed by atoms with Crippen LogP contribution in [-0.2, 0) is 9.53 Å². The van der Waals surface area contributed by atoms with Crippen molar-refractivity contribution in [3.8, 4) is 16.9 Å². The normalized spacial score (nSPS) is 14.7. The lowest BCUT2D eigenvalue weighted by molar-refractivity contribution is -0.123. The molecule has 1 aliphatic carbocycles. The third-order valence-corrected chi connectivity index (χ3v) is 4.88. The zero-order chi connectivity index (χ0) is 18.7. The Bertz CT molecular complexity index is 696. The zero-order valence-electron chi connectivity index (χ0n) is 15.9. The van der Waals surface area contributed by atoms with E-state index in [0.717, 1.165) is 23.3 Å². The van der Waals surface area contributed by atoms with Gasteiger partial charge in [0.2, 0.25) is 0 Å². The van der Waals surface area contributed by atoms with Gasteiger partial charge in [0, 0.05) is 18.7 Å². The summed E-state index contributed by atoms with van der Waals surface area (Å²) in [5.41, 5.74) is 2.07. The van der Waals surface area contributed by atoms with Gasteiger partial charge in [-0.25, -0.2) is 0 Å². The van der Waals surface area contributed by atoms with Crippen LogP contribution < -0.4 is 10.1 Å². The number of amides is 1. The summed E-state index contributed by atoms with van der Waals surface area (Å²) < 4.78 is 11.6. The van der Waals surface area contributed by atoms with Gasteiger partial charge in [0.25, 0.3) is 5.91 Å². The van der Waals surface area contributed by atoms with Crippen LogP contribution in [0.1, 0.15) is 38.5 Å². The van der Waals surface area contributed by atoms with E-state index in [4.69, 9.17) is 9.47 Å². The summed E-state index contributed by atoms with van der Waals surface area (Å²) in [6.07, 6.45) is 7.52. The van der Waals surface area contributed by atoms with Crippen molar-refractivity contribution in [2.45, 2.75) is 44.6 Å². The molecule has 4 heteroatoms. The van der Waals surface area contributed by atoms with Crippen molar-refractivity contribution in [1.82, 2.24) is 5.32 Å². The molecule has 0 saturated heterocycles. The van der Waals surface area contributed by atoms with Crippen LogP contribution in [0.5, 0.6) is 5.75 Å². The molecule has 0 atom stereocenters. The average molecular weight is 367 g/mol. The minimum atomic E-state index is -0.101. The number of hydrogen-bond donors (Lipinski definition) is 1. The molecule has 0 heterocycles. The maximum atomic E-state index is 12.1. The van der Waals surface area contributed by atoms with E-state index in [9.17, 15) is 4.79 Å². The van der Waals surface area contributed by atoms with Crippen LogP contribution in [-0.4, -0.2) is 31.8 Å². The van der Waals surface area contributed by atoms with Gasteiger partial charge < -0.3 is 14.8 Å². The molecule has 1 amide bonds. The molecule has 2 aromatic carbocycles. The third-order valence-electron chi connectivity index (χ3n) is 4.88. The second-order valence-corrected chi connectivity index (χ2v) is 6.99. The van der Waals surface area contributed by atoms with Crippen molar-refractivity contribution in [3.05, 3.63) is 54.6 Å². The molecule has 27 heavy (non-hydrogen) atoms. The highest BCUT2D eigenvalue weighted by Crippen LogP contribution is 2.29. The van der Waals surface area contributed by atoms with Crippen LogP contribution >= 0.6 is 0 Å². The van der Waals surface area contributed by atoms with Crippen molar-refractivity contribution in [3.63, 3.8) is 0 Å². The van der Waals surface area contributed by atoms with Crippen LogP contribution in [0.3, 0.4) is 0 Å². The monoisotopic (exact) mass is 367 g/mol. The van der Waals surface area contributed by atoms with E-state index >= 15 is 0 Å². The Balaban J connectivity index is 1.37. The zero-order valence-corrected chi connectivity index (χ0v) is 15.9. The number of carbonyl (C=O) groups is 1. The highest BCUT2D eigenvalue weighted by molar-refractivity contribution is 5.78. The fraction of sp³-hybridized carbons (Fsp3) is 0.435. The molecule has 0 unspecified atom stereocenters. The standard InChI is InChI=1S/C23H29NO3/c25-23(24-16-9-17-26-20-12-5-2-6-13-20)18-27-22-15-8-7-14-21(22)19-10-3-1-4-11-19/h1,3-4,7-8,10-11,14-15,20H,2,5-6,9,12-13,16-18H2,(H,24,25). The molecule has 4 nitrogen and oxygen atoms in total. The lowest BCUT2D eigenvalue weighted by Gasteiger charge is -2.21. The largest absolute Gasteiger partial charge is 0.483 e. The molecule has 0 aromatic heterocycles. The van der Waals surface area contributed by atoms with Gasteiger partial charge in [0.15, 0.2) is 6.61 Å². The van der Waals surface area contributed by atoms with Crippen LogP contribution in [0.4, 0.5) is 0 Å². The molecule has 144 valence electrons. The Morgan fingerprint density at radius 2 is 1.70 bits per heavy atom. The second kappa shape index (κ2) is 10.7. The Morgan fingerprint density at radius 1 is 0.963 bits per heavy atom. The first-order chi connectivity index (χ1) is 13.3. The van der Waals surface area contributed by atoms with Gasteiger partial charge in [-0.2, -0.15) is 0 Å². The summed E-state index contributed by atoms with van der Waals surface area (Å²) in [5, 5.41) is 2.91. The maximum Gasteiger partial charge on any atom is 0.257 e. The van der Waals surface area contributed by atoms with Crippen molar-refractivity contribution in [2.24, 2.45) is 0 Å². The third kappa shape index (κ3) is 6.40. The summed E-state index contributed by atoms with van der Waals surface area (Å²) in [4.78, 5) is 12.1. The topological polar surface area (TPSA) is 47.6 Å². The first-order valence-electron chi connectivity index (χ1n) is 9.98. The van der Waals surface area contributed by atoms with Crippen molar-refractivity contribution < 1.29 is 14.3 Å². The van der Waals surface area contributed by atoms with Gasteiger partial charge in [0.05, 0.1) is 6.10 Å². The minimum Gasteiger partial charge on any atom is -0.483 e. The van der Waals surface area contributed by atoms with E-state index in [0.29, 0.717) is 19.3 Å². The van der Waals surface area contributed by atoms with Crippen LogP contribution in [0.15, 0.2) is 54.6 Å². The van der Waals surface area contributed by atoms with Gasteiger partial charge >= 0.3 is 0 Å². The van der Waals surface area contributed by atoms with Crippen molar-refractivity contribution in [2.75, 3.05) is 19.8 Å². The summed E-state index contributed by atoms with van der Waals surface area (Å²) in [6.45, 7) is 1.35. The van der Waals surface area contributed by atoms with E-state index in [1.54, 1.807) is 0 Å². The highest BCUT2D eigenvalue weighted by Gasteiger charge is 2.13. The Morgan fingerprint density at radius 3 is 2.52 bits per heavy atom. The molecule has 1 N–H and O–H groups in total. The number of carbonyl (C=O) groups excluding carboxylic acids is 1. The summed E-state index contributed by atoms with van der Waals surface area (Å²) >= 11 is 0. The van der Waals surface area contributed by atoms with Crippen molar-refractivity contribution in [1.29, 1.82) is 0 Å². The molecule has 3 rings (SSSR count). The number of ether oxygens (including phenoxy) is 2. The number of para-hydroxylation sites is 1. The Labute approximate surface area is 161 Å². The minimum absolute atomic E-state index is 0.0212. The summed E-state index contributed by atoms with van der Waals surface area (Å²) in [6, 6.07) is 17.8. The number of rotatable bonds is 9. The lowest BCUT2D eigenvalue weighted by atomic mass is 9.98. The van der Waals surface area contributed by atoms with Crippen LogP contribution in [0.25, 0.3) is 11.1 Å². The first kappa shape index (κ1) is 19.4. The van der Waals surface area contributed by atoms with E-state index < -0.39 is 0 Å². The highest BCUT2D eigenvalue weighted by atomic mass is 16.5. The predicted molar refractivity (Wildman–Crippen MR) is 108 cm³/mol. The molecule has 1 aliphatic rings.